The summed E-state index contributed by atoms with van der Waals surface area (Å²) in [4.78, 5) is 26.2. The first-order valence-corrected chi connectivity index (χ1v) is 12.8. The fourth-order valence-electron chi connectivity index (χ4n) is 5.04. The topological polar surface area (TPSA) is 96.2 Å². The molecule has 178 valence electrons. The normalized spacial score (nSPS) is 20.0. The maximum Gasteiger partial charge on any atom is 0.331 e. The van der Waals surface area contributed by atoms with E-state index in [2.05, 4.69) is 47.1 Å². The van der Waals surface area contributed by atoms with E-state index in [1.54, 1.807) is 22.4 Å². The van der Waals surface area contributed by atoms with Gasteiger partial charge in [0.1, 0.15) is 4.83 Å². The maximum absolute atomic E-state index is 13.4. The number of urea groups is 1. The molecule has 0 unspecified atom stereocenters. The highest BCUT2D eigenvalue weighted by Crippen LogP contribution is 2.47. The van der Waals surface area contributed by atoms with E-state index < -0.39 is 0 Å². The number of nitrogens with two attached hydrogens (primary N) is 1. The molecule has 0 radical (unpaired) electrons. The van der Waals surface area contributed by atoms with Gasteiger partial charge in [0.15, 0.2) is 0 Å². The van der Waals surface area contributed by atoms with Crippen LogP contribution < -0.4 is 21.3 Å². The molecule has 4 N–H and O–H groups in total. The van der Waals surface area contributed by atoms with Crippen molar-refractivity contribution in [2.24, 2.45) is 11.7 Å². The van der Waals surface area contributed by atoms with E-state index in [0.717, 1.165) is 68.4 Å². The van der Waals surface area contributed by atoms with E-state index in [1.807, 2.05) is 19.2 Å². The Balaban J connectivity index is 1.52. The van der Waals surface area contributed by atoms with E-state index in [9.17, 15) is 4.79 Å². The molecule has 1 aliphatic heterocycles. The number of nitrogens with one attached hydrogen (secondary N) is 2. The molecular formula is C26H32N6OS. The van der Waals surface area contributed by atoms with Crippen LogP contribution in [0.25, 0.3) is 15.9 Å². The number of rotatable bonds is 6. The number of carbonyl (C=O) groups excluding carboxylic acids is 1. The smallest absolute Gasteiger partial charge is 0.331 e. The summed E-state index contributed by atoms with van der Waals surface area (Å²) in [5.41, 5.74) is 11.6. The van der Waals surface area contributed by atoms with Gasteiger partial charge in [-0.15, -0.1) is 11.3 Å². The van der Waals surface area contributed by atoms with Crippen LogP contribution in [-0.4, -0.2) is 28.1 Å². The van der Waals surface area contributed by atoms with Crippen LogP contribution in [0.4, 0.5) is 21.9 Å². The highest BCUT2D eigenvalue weighted by Gasteiger charge is 2.33. The molecule has 7 nitrogen and oxygen atoms in total. The minimum atomic E-state index is -0.205. The van der Waals surface area contributed by atoms with Gasteiger partial charge in [-0.3, -0.25) is 9.88 Å². The van der Waals surface area contributed by atoms with Gasteiger partial charge in [-0.05, 0) is 49.8 Å². The van der Waals surface area contributed by atoms with E-state index >= 15 is 0 Å². The van der Waals surface area contributed by atoms with Crippen molar-refractivity contribution in [3.63, 3.8) is 0 Å². The Morgan fingerprint density at radius 1 is 1.32 bits per heavy atom. The minimum Gasteiger partial charge on any atom is -0.380 e. The highest BCUT2D eigenvalue weighted by molar-refractivity contribution is 7.20. The third kappa shape index (κ3) is 4.05. The second kappa shape index (κ2) is 9.00. The fourth-order valence-corrected chi connectivity index (χ4v) is 6.09. The molecule has 1 aliphatic carbocycles. The van der Waals surface area contributed by atoms with Crippen LogP contribution in [0, 0.1) is 12.8 Å². The van der Waals surface area contributed by atoms with Crippen molar-refractivity contribution in [2.45, 2.75) is 65.0 Å². The Hall–Kier alpha value is -2.97. The van der Waals surface area contributed by atoms with Gasteiger partial charge in [0, 0.05) is 29.7 Å². The van der Waals surface area contributed by atoms with Gasteiger partial charge < -0.3 is 16.4 Å². The van der Waals surface area contributed by atoms with Gasteiger partial charge in [-0.1, -0.05) is 33.3 Å². The number of anilines is 3. The molecule has 2 atom stereocenters. The lowest BCUT2D eigenvalue weighted by Crippen LogP contribution is -2.46. The van der Waals surface area contributed by atoms with Gasteiger partial charge in [-0.25, -0.2) is 9.78 Å². The standard InChI is InChI=1S/C26H32N6OS/c1-14(2)11-17-12-15(3)21(13-29-17)32-20-9-10-28-25-22(20)23(31-26(32)33)24(34-25)16(4)30-19-8-6-5-7-18(19)27/h9-10,12-14,18-19,30H,4-8,11,27H2,1-3H3,(H,31,33)/t18-,19+/m0/s1. The number of thiophene rings is 1. The molecule has 4 heterocycles. The first-order chi connectivity index (χ1) is 16.3. The van der Waals surface area contributed by atoms with Gasteiger partial charge in [-0.2, -0.15) is 0 Å². The Bertz CT molecular complexity index is 1270. The lowest BCUT2D eigenvalue weighted by atomic mass is 9.91. The second-order valence-electron chi connectivity index (χ2n) is 9.82. The third-order valence-electron chi connectivity index (χ3n) is 6.70. The summed E-state index contributed by atoms with van der Waals surface area (Å²) in [5.74, 6) is 0.521. The second-order valence-corrected chi connectivity index (χ2v) is 10.8. The van der Waals surface area contributed by atoms with Crippen LogP contribution in [0.3, 0.4) is 0 Å². The van der Waals surface area contributed by atoms with Crippen LogP contribution in [-0.2, 0) is 6.42 Å². The van der Waals surface area contributed by atoms with Crippen molar-refractivity contribution < 1.29 is 4.79 Å². The molecule has 1 fully saturated rings. The van der Waals surface area contributed by atoms with Gasteiger partial charge in [0.05, 0.1) is 33.5 Å². The Labute approximate surface area is 204 Å². The summed E-state index contributed by atoms with van der Waals surface area (Å²) in [7, 11) is 0. The predicted octanol–water partition coefficient (Wildman–Crippen LogP) is 5.71. The zero-order valence-corrected chi connectivity index (χ0v) is 20.8. The summed E-state index contributed by atoms with van der Waals surface area (Å²) >= 11 is 1.54. The average molecular weight is 477 g/mol. The lowest BCUT2D eigenvalue weighted by molar-refractivity contribution is 0.259. The molecular weight excluding hydrogens is 444 g/mol. The van der Waals surface area contributed by atoms with E-state index in [-0.39, 0.29) is 18.1 Å². The van der Waals surface area contributed by atoms with Crippen molar-refractivity contribution in [1.29, 1.82) is 0 Å². The van der Waals surface area contributed by atoms with Crippen LogP contribution in [0.2, 0.25) is 0 Å². The largest absolute Gasteiger partial charge is 0.380 e. The minimum absolute atomic E-state index is 0.115. The summed E-state index contributed by atoms with van der Waals surface area (Å²) in [6.45, 7) is 10.7. The number of hydrogen-bond donors (Lipinski definition) is 3. The van der Waals surface area contributed by atoms with E-state index in [1.165, 1.54) is 12.8 Å². The average Bonchev–Trinajstić information content (AvgIpc) is 3.16. The van der Waals surface area contributed by atoms with Crippen LogP contribution in [0.5, 0.6) is 0 Å². The first-order valence-electron chi connectivity index (χ1n) is 12.0. The van der Waals surface area contributed by atoms with Gasteiger partial charge >= 0.3 is 6.03 Å². The van der Waals surface area contributed by atoms with Crippen molar-refractivity contribution in [1.82, 2.24) is 15.3 Å². The monoisotopic (exact) mass is 476 g/mol. The molecule has 3 aromatic heterocycles. The van der Waals surface area contributed by atoms with Crippen LogP contribution in [0.15, 0.2) is 31.1 Å². The van der Waals surface area contributed by atoms with E-state index in [0.29, 0.717) is 5.92 Å². The molecule has 0 aromatic carbocycles. The zero-order valence-electron chi connectivity index (χ0n) is 20.0. The molecule has 34 heavy (non-hydrogen) atoms. The molecule has 0 spiro atoms. The number of amides is 2. The molecule has 3 aromatic rings. The van der Waals surface area contributed by atoms with Crippen molar-refractivity contribution in [3.05, 3.63) is 47.2 Å². The van der Waals surface area contributed by atoms with Crippen LogP contribution >= 0.6 is 11.3 Å². The number of aryl methyl sites for hydroxylation is 1. The van der Waals surface area contributed by atoms with Gasteiger partial charge in [0.25, 0.3) is 0 Å². The Kier molecular flexibility index (Phi) is 6.04. The number of pyridine rings is 2. The Morgan fingerprint density at radius 3 is 2.85 bits per heavy atom. The number of nitrogens with zero attached hydrogens (tertiary/aromatic N) is 3. The highest BCUT2D eigenvalue weighted by atomic mass is 32.1. The molecule has 2 aliphatic rings. The Morgan fingerprint density at radius 2 is 2.12 bits per heavy atom. The lowest BCUT2D eigenvalue weighted by Gasteiger charge is -2.31. The maximum atomic E-state index is 13.4. The summed E-state index contributed by atoms with van der Waals surface area (Å²) in [6.07, 6.45) is 8.86. The molecule has 0 bridgehead atoms. The SMILES string of the molecule is C=C(N[C@@H]1CCCC[C@@H]1N)c1sc2nccc3c2c1NC(=O)N3c1cnc(CC(C)C)cc1C. The quantitative estimate of drug-likeness (QED) is 0.423. The molecule has 1 saturated carbocycles. The molecule has 2 amide bonds. The number of aromatic nitrogens is 2. The molecule has 0 saturated heterocycles. The first kappa shape index (κ1) is 22.8. The van der Waals surface area contributed by atoms with E-state index in [4.69, 9.17) is 5.73 Å². The van der Waals surface area contributed by atoms with Gasteiger partial charge in [0.2, 0.25) is 0 Å². The number of hydrogen-bond acceptors (Lipinski definition) is 6. The number of carbonyl (C=O) groups is 1. The fraction of sp³-hybridized carbons (Fsp3) is 0.423. The van der Waals surface area contributed by atoms with Crippen LogP contribution in [0.1, 0.15) is 55.7 Å². The van der Waals surface area contributed by atoms with Crippen molar-refractivity contribution in [3.8, 4) is 0 Å². The van der Waals surface area contributed by atoms with Crippen molar-refractivity contribution in [2.75, 3.05) is 10.2 Å². The van der Waals surface area contributed by atoms with Crippen molar-refractivity contribution >= 4 is 50.3 Å². The molecule has 8 heteroatoms. The predicted molar refractivity (Wildman–Crippen MR) is 141 cm³/mol. The summed E-state index contributed by atoms with van der Waals surface area (Å²) < 4.78 is 0. The summed E-state index contributed by atoms with van der Waals surface area (Å²) in [5, 5.41) is 7.60. The summed E-state index contributed by atoms with van der Waals surface area (Å²) in [6, 6.07) is 4.08. The zero-order chi connectivity index (χ0) is 24.0. The molecule has 5 rings (SSSR count). The third-order valence-corrected chi connectivity index (χ3v) is 7.85.